The van der Waals surface area contributed by atoms with E-state index >= 15 is 0 Å². The van der Waals surface area contributed by atoms with Crippen LogP contribution < -0.4 is 35.0 Å². The van der Waals surface area contributed by atoms with Crippen molar-refractivity contribution >= 4 is 5.69 Å². The Morgan fingerprint density at radius 1 is 1.00 bits per heavy atom. The Balaban J connectivity index is 0.000000980. The van der Waals surface area contributed by atoms with Gasteiger partial charge in [-0.05, 0) is 24.3 Å². The van der Waals surface area contributed by atoms with Crippen molar-refractivity contribution in [2.45, 2.75) is 0 Å². The van der Waals surface area contributed by atoms with Crippen LogP contribution in [0.1, 0.15) is 0 Å². The van der Waals surface area contributed by atoms with Gasteiger partial charge < -0.3 is 35.0 Å². The third kappa shape index (κ3) is 3.86. The second-order valence-electron chi connectivity index (χ2n) is 3.21. The molecule has 0 atom stereocenters. The van der Waals surface area contributed by atoms with Crippen LogP contribution in [0.3, 0.4) is 0 Å². The number of hydrogen-bond donors (Lipinski definition) is 1. The van der Waals surface area contributed by atoms with E-state index in [1.165, 1.54) is 12.1 Å². The van der Waals surface area contributed by atoms with Gasteiger partial charge in [0.05, 0.1) is 0 Å². The van der Waals surface area contributed by atoms with Crippen molar-refractivity contribution in [3.05, 3.63) is 30.1 Å². The Labute approximate surface area is 102 Å². The molecule has 5 heteroatoms. The lowest BCUT2D eigenvalue weighted by atomic mass is 10.2. The van der Waals surface area contributed by atoms with Crippen LogP contribution in [-0.4, -0.2) is 26.2 Å². The maximum Gasteiger partial charge on any atom is 0.123 e. The summed E-state index contributed by atoms with van der Waals surface area (Å²) in [5, 5.41) is 3.28. The first-order chi connectivity index (χ1) is 6.36. The SMILES string of the molecule is Fc1ccc(N2CCNCC2)cc1.[Cl-].[Cl-]. The van der Waals surface area contributed by atoms with Crippen LogP contribution in [-0.2, 0) is 0 Å². The zero-order valence-electron chi connectivity index (χ0n) is 8.22. The van der Waals surface area contributed by atoms with E-state index < -0.39 is 0 Å². The first-order valence-electron chi connectivity index (χ1n) is 4.57. The number of benzene rings is 1. The summed E-state index contributed by atoms with van der Waals surface area (Å²) in [6, 6.07) is 6.69. The summed E-state index contributed by atoms with van der Waals surface area (Å²) < 4.78 is 12.6. The largest absolute Gasteiger partial charge is 1.00 e. The van der Waals surface area contributed by atoms with Gasteiger partial charge in [-0.2, -0.15) is 0 Å². The summed E-state index contributed by atoms with van der Waals surface area (Å²) in [6.45, 7) is 4.03. The predicted molar refractivity (Wildman–Crippen MR) is 51.5 cm³/mol. The minimum atomic E-state index is -0.168. The normalized spacial score (nSPS) is 15.1. The van der Waals surface area contributed by atoms with Crippen molar-refractivity contribution in [2.75, 3.05) is 31.1 Å². The van der Waals surface area contributed by atoms with Gasteiger partial charge in [-0.3, -0.25) is 0 Å². The third-order valence-corrected chi connectivity index (χ3v) is 2.31. The van der Waals surface area contributed by atoms with Crippen molar-refractivity contribution in [1.29, 1.82) is 0 Å². The highest BCUT2D eigenvalue weighted by Crippen LogP contribution is 2.14. The van der Waals surface area contributed by atoms with Crippen LogP contribution in [0.15, 0.2) is 24.3 Å². The lowest BCUT2D eigenvalue weighted by Gasteiger charge is -2.29. The fourth-order valence-corrected chi connectivity index (χ4v) is 1.57. The summed E-state index contributed by atoms with van der Waals surface area (Å²) in [5.41, 5.74) is 1.11. The molecule has 0 aromatic heterocycles. The molecule has 0 saturated carbocycles. The first kappa shape index (κ1) is 14.5. The molecule has 0 spiro atoms. The average molecular weight is 251 g/mol. The molecule has 1 N–H and O–H groups in total. The van der Waals surface area contributed by atoms with Gasteiger partial charge in [-0.25, -0.2) is 4.39 Å². The second kappa shape index (κ2) is 6.88. The molecule has 1 aliphatic heterocycles. The molecule has 1 heterocycles. The van der Waals surface area contributed by atoms with Crippen LogP contribution in [0.2, 0.25) is 0 Å². The van der Waals surface area contributed by atoms with Crippen molar-refractivity contribution in [1.82, 2.24) is 5.32 Å². The Morgan fingerprint density at radius 3 is 2.07 bits per heavy atom. The predicted octanol–water partition coefficient (Wildman–Crippen LogP) is -4.76. The van der Waals surface area contributed by atoms with Crippen LogP contribution in [0, 0.1) is 5.82 Å². The lowest BCUT2D eigenvalue weighted by molar-refractivity contribution is -0.001000. The highest BCUT2D eigenvalue weighted by molar-refractivity contribution is 5.46. The molecule has 2 rings (SSSR count). The first-order valence-corrected chi connectivity index (χ1v) is 4.57. The molecule has 1 aliphatic rings. The van der Waals surface area contributed by atoms with Crippen LogP contribution >= 0.6 is 0 Å². The van der Waals surface area contributed by atoms with Crippen molar-refractivity contribution < 1.29 is 29.2 Å². The van der Waals surface area contributed by atoms with Crippen LogP contribution in [0.25, 0.3) is 0 Å². The smallest absolute Gasteiger partial charge is 0.123 e. The minimum Gasteiger partial charge on any atom is -1.00 e. The van der Waals surface area contributed by atoms with E-state index in [9.17, 15) is 4.39 Å². The van der Waals surface area contributed by atoms with E-state index in [4.69, 9.17) is 0 Å². The molecule has 1 aromatic rings. The number of anilines is 1. The molecule has 0 radical (unpaired) electrons. The number of nitrogens with one attached hydrogen (secondary N) is 1. The molecule has 2 nitrogen and oxygen atoms in total. The summed E-state index contributed by atoms with van der Waals surface area (Å²) in [7, 11) is 0. The summed E-state index contributed by atoms with van der Waals surface area (Å²) >= 11 is 0. The lowest BCUT2D eigenvalue weighted by Crippen LogP contribution is -3.00. The van der Waals surface area contributed by atoms with Gasteiger partial charge in [-0.1, -0.05) is 0 Å². The van der Waals surface area contributed by atoms with E-state index in [2.05, 4.69) is 10.2 Å². The van der Waals surface area contributed by atoms with E-state index in [0.717, 1.165) is 31.9 Å². The highest BCUT2D eigenvalue weighted by atomic mass is 35.5. The third-order valence-electron chi connectivity index (χ3n) is 2.31. The Kier molecular flexibility index (Phi) is 6.65. The van der Waals surface area contributed by atoms with Crippen molar-refractivity contribution in [3.8, 4) is 0 Å². The van der Waals surface area contributed by atoms with Gasteiger partial charge in [0.25, 0.3) is 0 Å². The van der Waals surface area contributed by atoms with Gasteiger partial charge >= 0.3 is 0 Å². The van der Waals surface area contributed by atoms with Crippen LogP contribution in [0.4, 0.5) is 10.1 Å². The van der Waals surface area contributed by atoms with Crippen LogP contribution in [0.5, 0.6) is 0 Å². The summed E-state index contributed by atoms with van der Waals surface area (Å²) in [6.07, 6.45) is 0. The maximum absolute atomic E-state index is 12.6. The molecule has 86 valence electrons. The molecule has 0 bridgehead atoms. The number of hydrogen-bond acceptors (Lipinski definition) is 2. The molecule has 0 aliphatic carbocycles. The molecule has 0 amide bonds. The number of rotatable bonds is 1. The van der Waals surface area contributed by atoms with E-state index in [-0.39, 0.29) is 30.6 Å². The summed E-state index contributed by atoms with van der Waals surface area (Å²) in [5.74, 6) is -0.168. The molecule has 0 unspecified atom stereocenters. The Morgan fingerprint density at radius 2 is 1.53 bits per heavy atom. The van der Waals surface area contributed by atoms with Crippen molar-refractivity contribution in [3.63, 3.8) is 0 Å². The van der Waals surface area contributed by atoms with E-state index in [0.29, 0.717) is 0 Å². The number of piperazine rings is 1. The molecule has 1 aromatic carbocycles. The zero-order chi connectivity index (χ0) is 9.10. The molecule has 15 heavy (non-hydrogen) atoms. The average Bonchev–Trinajstić information content (AvgIpc) is 2.20. The highest BCUT2D eigenvalue weighted by Gasteiger charge is 2.09. The molecule has 1 saturated heterocycles. The fraction of sp³-hybridized carbons (Fsp3) is 0.400. The van der Waals surface area contributed by atoms with E-state index in [1.54, 1.807) is 0 Å². The molecular weight excluding hydrogens is 238 g/mol. The van der Waals surface area contributed by atoms with Gasteiger partial charge in [-0.15, -0.1) is 0 Å². The fourth-order valence-electron chi connectivity index (χ4n) is 1.57. The summed E-state index contributed by atoms with van der Waals surface area (Å²) in [4.78, 5) is 2.26. The Bertz CT molecular complexity index is 273. The second-order valence-corrected chi connectivity index (χ2v) is 3.21. The number of halogens is 3. The van der Waals surface area contributed by atoms with Gasteiger partial charge in [0.2, 0.25) is 0 Å². The van der Waals surface area contributed by atoms with Gasteiger partial charge in [0, 0.05) is 31.9 Å². The van der Waals surface area contributed by atoms with Crippen molar-refractivity contribution in [2.24, 2.45) is 0 Å². The maximum atomic E-state index is 12.6. The number of nitrogens with zero attached hydrogens (tertiary/aromatic N) is 1. The van der Waals surface area contributed by atoms with E-state index in [1.807, 2.05) is 12.1 Å². The Hall–Kier alpha value is -0.510. The van der Waals surface area contributed by atoms with Gasteiger partial charge in [0.15, 0.2) is 0 Å². The minimum absolute atomic E-state index is 0. The van der Waals surface area contributed by atoms with Gasteiger partial charge in [0.1, 0.15) is 5.82 Å². The molecular formula is C10H13Cl2FN2-2. The monoisotopic (exact) mass is 250 g/mol. The quantitative estimate of drug-likeness (QED) is 0.539. The standard InChI is InChI=1S/C10H13FN2.2ClH/c11-9-1-3-10(4-2-9)13-7-5-12-6-8-13;;/h1-4,12H,5-8H2;2*1H/p-2. The molecule has 1 fully saturated rings. The zero-order valence-corrected chi connectivity index (χ0v) is 9.73. The topological polar surface area (TPSA) is 15.3 Å².